The van der Waals surface area contributed by atoms with Crippen molar-refractivity contribution in [1.29, 1.82) is 0 Å². The summed E-state index contributed by atoms with van der Waals surface area (Å²) in [6, 6.07) is 18.8. The molecule has 4 N–H and O–H groups in total. The quantitative estimate of drug-likeness (QED) is 0.253. The lowest BCUT2D eigenvalue weighted by Crippen LogP contribution is -2.16. The first-order valence-electron chi connectivity index (χ1n) is 11.2. The van der Waals surface area contributed by atoms with Crippen LogP contribution < -0.4 is 21.3 Å². The van der Waals surface area contributed by atoms with Gasteiger partial charge < -0.3 is 21.3 Å². The molecule has 0 atom stereocenters. The summed E-state index contributed by atoms with van der Waals surface area (Å²) in [5, 5.41) is 11.8. The van der Waals surface area contributed by atoms with Crippen molar-refractivity contribution in [1.82, 2.24) is 9.97 Å². The molecule has 3 aromatic carbocycles. The summed E-state index contributed by atoms with van der Waals surface area (Å²) in [4.78, 5) is 45.2. The number of halogens is 1. The summed E-state index contributed by atoms with van der Waals surface area (Å²) in [7, 11) is 0. The smallest absolute Gasteiger partial charge is 0.256 e. The molecule has 186 valence electrons. The topological polar surface area (TPSA) is 125 Å². The Balaban J connectivity index is 1.41. The number of benzene rings is 3. The number of aryl methyl sites for hydroxylation is 1. The van der Waals surface area contributed by atoms with Crippen molar-refractivity contribution in [3.63, 3.8) is 0 Å². The molecule has 9 nitrogen and oxygen atoms in total. The standard InChI is InChI=1S/C27H23ClN6O3/c1-16-9-10-22(32-25(36)18-5-3-6-19(28)11-18)13-24(16)26(37)33-23-14-29-27(30-15-23)34-21-8-4-7-20(12-21)31-17(2)35/h3-15H,1-2H3,(H,31,35)(H,32,36)(H,33,37)(H,29,30,34). The fourth-order valence-corrected chi connectivity index (χ4v) is 3.63. The maximum Gasteiger partial charge on any atom is 0.256 e. The van der Waals surface area contributed by atoms with Crippen molar-refractivity contribution in [3.8, 4) is 0 Å². The number of amides is 3. The summed E-state index contributed by atoms with van der Waals surface area (Å²) in [6.07, 6.45) is 2.95. The average Bonchev–Trinajstić information content (AvgIpc) is 2.86. The van der Waals surface area contributed by atoms with Gasteiger partial charge in [-0.05, 0) is 61.0 Å². The van der Waals surface area contributed by atoms with Crippen molar-refractivity contribution in [2.24, 2.45) is 0 Å². The van der Waals surface area contributed by atoms with E-state index in [0.29, 0.717) is 44.8 Å². The number of hydrogen-bond donors (Lipinski definition) is 4. The number of nitrogens with zero attached hydrogens (tertiary/aromatic N) is 2. The Morgan fingerprint density at radius 1 is 0.730 bits per heavy atom. The van der Waals surface area contributed by atoms with Gasteiger partial charge in [0, 0.05) is 40.1 Å². The zero-order valence-corrected chi connectivity index (χ0v) is 20.8. The van der Waals surface area contributed by atoms with Crippen LogP contribution in [-0.2, 0) is 4.79 Å². The van der Waals surface area contributed by atoms with E-state index in [2.05, 4.69) is 31.2 Å². The van der Waals surface area contributed by atoms with Crippen molar-refractivity contribution in [2.75, 3.05) is 21.3 Å². The second-order valence-corrected chi connectivity index (χ2v) is 8.57. The van der Waals surface area contributed by atoms with Gasteiger partial charge in [-0.3, -0.25) is 14.4 Å². The van der Waals surface area contributed by atoms with E-state index in [-0.39, 0.29) is 17.7 Å². The molecule has 1 heterocycles. The van der Waals surface area contributed by atoms with E-state index in [9.17, 15) is 14.4 Å². The van der Waals surface area contributed by atoms with E-state index in [1.54, 1.807) is 67.6 Å². The van der Waals surface area contributed by atoms with Gasteiger partial charge in [-0.25, -0.2) is 9.97 Å². The minimum absolute atomic E-state index is 0.169. The van der Waals surface area contributed by atoms with Crippen LogP contribution in [0.4, 0.5) is 28.7 Å². The maximum atomic E-state index is 12.9. The molecule has 0 aliphatic rings. The summed E-state index contributed by atoms with van der Waals surface area (Å²) in [5.74, 6) is -0.557. The van der Waals surface area contributed by atoms with Gasteiger partial charge in [0.1, 0.15) is 0 Å². The highest BCUT2D eigenvalue weighted by molar-refractivity contribution is 6.31. The van der Waals surface area contributed by atoms with Crippen molar-refractivity contribution in [2.45, 2.75) is 13.8 Å². The van der Waals surface area contributed by atoms with Crippen molar-refractivity contribution in [3.05, 3.63) is 101 Å². The highest BCUT2D eigenvalue weighted by Crippen LogP contribution is 2.21. The molecule has 0 bridgehead atoms. The Labute approximate surface area is 218 Å². The lowest BCUT2D eigenvalue weighted by Gasteiger charge is -2.11. The van der Waals surface area contributed by atoms with E-state index in [1.807, 2.05) is 6.07 Å². The predicted molar refractivity (Wildman–Crippen MR) is 145 cm³/mol. The van der Waals surface area contributed by atoms with Crippen LogP contribution in [0.5, 0.6) is 0 Å². The predicted octanol–water partition coefficient (Wildman–Crippen LogP) is 5.65. The van der Waals surface area contributed by atoms with Crippen LogP contribution in [0.3, 0.4) is 0 Å². The molecule has 0 radical (unpaired) electrons. The molecule has 37 heavy (non-hydrogen) atoms. The number of carbonyl (C=O) groups excluding carboxylic acids is 3. The molecule has 3 amide bonds. The van der Waals surface area contributed by atoms with Crippen molar-refractivity contribution >= 4 is 58.0 Å². The van der Waals surface area contributed by atoms with Gasteiger partial charge in [0.05, 0.1) is 18.1 Å². The van der Waals surface area contributed by atoms with Crippen LogP contribution in [0, 0.1) is 6.92 Å². The summed E-state index contributed by atoms with van der Waals surface area (Å²) in [5.41, 5.74) is 3.73. The molecular weight excluding hydrogens is 492 g/mol. The van der Waals surface area contributed by atoms with Gasteiger partial charge in [0.25, 0.3) is 11.8 Å². The average molecular weight is 515 g/mol. The largest absolute Gasteiger partial charge is 0.326 e. The van der Waals surface area contributed by atoms with Gasteiger partial charge in [-0.1, -0.05) is 29.8 Å². The monoisotopic (exact) mass is 514 g/mol. The van der Waals surface area contributed by atoms with Crippen LogP contribution in [-0.4, -0.2) is 27.7 Å². The molecule has 0 spiro atoms. The number of rotatable bonds is 7. The summed E-state index contributed by atoms with van der Waals surface area (Å²) < 4.78 is 0. The van der Waals surface area contributed by atoms with Gasteiger partial charge in [-0.2, -0.15) is 0 Å². The molecule has 10 heteroatoms. The Morgan fingerprint density at radius 3 is 2.14 bits per heavy atom. The van der Waals surface area contributed by atoms with Gasteiger partial charge >= 0.3 is 0 Å². The van der Waals surface area contributed by atoms with Crippen molar-refractivity contribution < 1.29 is 14.4 Å². The maximum absolute atomic E-state index is 12.9. The number of nitrogens with one attached hydrogen (secondary N) is 4. The zero-order valence-electron chi connectivity index (χ0n) is 20.0. The molecule has 0 aliphatic carbocycles. The lowest BCUT2D eigenvalue weighted by molar-refractivity contribution is -0.114. The number of aromatic nitrogens is 2. The summed E-state index contributed by atoms with van der Waals surface area (Å²) >= 11 is 5.97. The zero-order chi connectivity index (χ0) is 26.4. The third kappa shape index (κ3) is 6.89. The first kappa shape index (κ1) is 25.3. The summed E-state index contributed by atoms with van der Waals surface area (Å²) in [6.45, 7) is 3.24. The third-order valence-electron chi connectivity index (χ3n) is 5.18. The van der Waals surface area contributed by atoms with E-state index >= 15 is 0 Å². The first-order valence-corrected chi connectivity index (χ1v) is 11.6. The van der Waals surface area contributed by atoms with Crippen LogP contribution in [0.25, 0.3) is 0 Å². The molecule has 0 unspecified atom stereocenters. The first-order chi connectivity index (χ1) is 17.8. The molecule has 4 aromatic rings. The second-order valence-electron chi connectivity index (χ2n) is 8.13. The molecule has 1 aromatic heterocycles. The van der Waals surface area contributed by atoms with Gasteiger partial charge in [0.15, 0.2) is 0 Å². The highest BCUT2D eigenvalue weighted by atomic mass is 35.5. The fourth-order valence-electron chi connectivity index (χ4n) is 3.44. The minimum atomic E-state index is -0.372. The van der Waals surface area contributed by atoms with Gasteiger partial charge in [-0.15, -0.1) is 0 Å². The number of anilines is 5. The normalized spacial score (nSPS) is 10.4. The SMILES string of the molecule is CC(=O)Nc1cccc(Nc2ncc(NC(=O)c3cc(NC(=O)c4cccc(Cl)c4)ccc3C)cn2)c1. The van der Waals surface area contributed by atoms with Gasteiger partial charge in [0.2, 0.25) is 11.9 Å². The van der Waals surface area contributed by atoms with E-state index in [0.717, 1.165) is 5.56 Å². The van der Waals surface area contributed by atoms with E-state index in [1.165, 1.54) is 19.3 Å². The fraction of sp³-hybridized carbons (Fsp3) is 0.0741. The molecule has 0 fully saturated rings. The third-order valence-corrected chi connectivity index (χ3v) is 5.41. The number of carbonyl (C=O) groups is 3. The molecular formula is C27H23ClN6O3. The van der Waals surface area contributed by atoms with Crippen LogP contribution in [0.15, 0.2) is 79.1 Å². The molecule has 4 rings (SSSR count). The Kier molecular flexibility index (Phi) is 7.75. The van der Waals surface area contributed by atoms with E-state index < -0.39 is 0 Å². The minimum Gasteiger partial charge on any atom is -0.326 e. The Morgan fingerprint density at radius 2 is 1.41 bits per heavy atom. The van der Waals surface area contributed by atoms with E-state index in [4.69, 9.17) is 11.6 Å². The van der Waals surface area contributed by atoms with Crippen LogP contribution in [0.2, 0.25) is 5.02 Å². The molecule has 0 saturated carbocycles. The number of hydrogen-bond acceptors (Lipinski definition) is 6. The van der Waals surface area contributed by atoms with Crippen LogP contribution in [0.1, 0.15) is 33.2 Å². The Hall–Kier alpha value is -4.76. The Bertz CT molecular complexity index is 1470. The second kappa shape index (κ2) is 11.3. The molecule has 0 aliphatic heterocycles. The molecule has 0 saturated heterocycles. The van der Waals surface area contributed by atoms with Crippen LogP contribution >= 0.6 is 11.6 Å². The lowest BCUT2D eigenvalue weighted by atomic mass is 10.1. The highest BCUT2D eigenvalue weighted by Gasteiger charge is 2.13.